The van der Waals surface area contributed by atoms with Crippen LogP contribution in [0.15, 0.2) is 30.9 Å². The van der Waals surface area contributed by atoms with Crippen LogP contribution in [0.4, 0.5) is 0 Å². The number of ether oxygens (including phenoxy) is 3. The van der Waals surface area contributed by atoms with Crippen LogP contribution in [0.25, 0.3) is 0 Å². The van der Waals surface area contributed by atoms with Crippen LogP contribution in [-0.2, 0) is 9.47 Å². The number of unbranched alkanes of at least 4 members (excludes halogenated alkanes) is 2. The Morgan fingerprint density at radius 3 is 2.60 bits per heavy atom. The van der Waals surface area contributed by atoms with Gasteiger partial charge in [0.2, 0.25) is 0 Å². The highest BCUT2D eigenvalue weighted by atomic mass is 16.7. The lowest BCUT2D eigenvalue weighted by atomic mass is 10.1. The van der Waals surface area contributed by atoms with Crippen LogP contribution in [0.5, 0.6) is 5.75 Å². The molecule has 0 saturated heterocycles. The maximum Gasteiger partial charge on any atom is 0.184 e. The predicted molar refractivity (Wildman–Crippen MR) is 80.7 cm³/mol. The molecule has 1 aromatic carbocycles. The van der Waals surface area contributed by atoms with Crippen molar-refractivity contribution in [1.29, 1.82) is 0 Å². The molecule has 108 valence electrons. The number of hydrogen-bond acceptors (Lipinski definition) is 3. The third-order valence-electron chi connectivity index (χ3n) is 2.88. The zero-order valence-electron chi connectivity index (χ0n) is 12.4. The van der Waals surface area contributed by atoms with Gasteiger partial charge in [0.15, 0.2) is 6.29 Å². The molecule has 0 radical (unpaired) electrons. The lowest BCUT2D eigenvalue weighted by Crippen LogP contribution is -2.06. The summed E-state index contributed by atoms with van der Waals surface area (Å²) in [6.07, 6.45) is 4.34. The maximum atomic E-state index is 5.30. The van der Waals surface area contributed by atoms with Crippen molar-refractivity contribution < 1.29 is 14.2 Å². The molecule has 0 heterocycles. The molecule has 1 rings (SSSR count). The molecule has 3 heteroatoms. The van der Waals surface area contributed by atoms with Crippen LogP contribution in [0, 0.1) is 11.8 Å². The highest BCUT2D eigenvalue weighted by molar-refractivity contribution is 5.46. The van der Waals surface area contributed by atoms with E-state index in [-0.39, 0.29) is 0 Å². The van der Waals surface area contributed by atoms with Gasteiger partial charge in [-0.25, -0.2) is 0 Å². The van der Waals surface area contributed by atoms with Gasteiger partial charge in [0.05, 0.1) is 7.11 Å². The summed E-state index contributed by atoms with van der Waals surface area (Å²) >= 11 is 0. The van der Waals surface area contributed by atoms with Gasteiger partial charge in [-0.2, -0.15) is 0 Å². The van der Waals surface area contributed by atoms with E-state index < -0.39 is 6.29 Å². The molecular formula is C17H22O3. The zero-order chi connectivity index (χ0) is 14.8. The van der Waals surface area contributed by atoms with Gasteiger partial charge in [0, 0.05) is 31.8 Å². The maximum absolute atomic E-state index is 5.30. The quantitative estimate of drug-likeness (QED) is 0.328. The number of benzene rings is 1. The molecule has 0 saturated carbocycles. The van der Waals surface area contributed by atoms with Gasteiger partial charge in [-0.3, -0.25) is 0 Å². The SMILES string of the molecule is C=CCCCC#Cc1cc(OC)ccc1C(OC)OC. The van der Waals surface area contributed by atoms with Crippen molar-refractivity contribution in [3.05, 3.63) is 42.0 Å². The largest absolute Gasteiger partial charge is 0.497 e. The van der Waals surface area contributed by atoms with Crippen molar-refractivity contribution in [1.82, 2.24) is 0 Å². The van der Waals surface area contributed by atoms with Crippen molar-refractivity contribution >= 4 is 0 Å². The van der Waals surface area contributed by atoms with E-state index in [1.807, 2.05) is 24.3 Å². The number of allylic oxidation sites excluding steroid dienone is 1. The second kappa shape index (κ2) is 9.19. The molecule has 0 atom stereocenters. The fraction of sp³-hybridized carbons (Fsp3) is 0.412. The standard InChI is InChI=1S/C17H22O3/c1-5-6-7-8-9-10-14-13-15(18-2)11-12-16(14)17(19-3)20-4/h5,11-13,17H,1,6-8H2,2-4H3. The Morgan fingerprint density at radius 1 is 1.25 bits per heavy atom. The third-order valence-corrected chi connectivity index (χ3v) is 2.88. The molecule has 0 aliphatic carbocycles. The van der Waals surface area contributed by atoms with Gasteiger partial charge in [0.1, 0.15) is 5.75 Å². The van der Waals surface area contributed by atoms with Crippen LogP contribution < -0.4 is 4.74 Å². The summed E-state index contributed by atoms with van der Waals surface area (Å²) in [7, 11) is 4.86. The molecule has 0 N–H and O–H groups in total. The van der Waals surface area contributed by atoms with E-state index in [9.17, 15) is 0 Å². The monoisotopic (exact) mass is 274 g/mol. The summed E-state index contributed by atoms with van der Waals surface area (Å²) in [4.78, 5) is 0. The van der Waals surface area contributed by atoms with Gasteiger partial charge in [-0.1, -0.05) is 17.9 Å². The third kappa shape index (κ3) is 4.73. The molecule has 0 aliphatic heterocycles. The van der Waals surface area contributed by atoms with Crippen molar-refractivity contribution in [3.63, 3.8) is 0 Å². The average Bonchev–Trinajstić information content (AvgIpc) is 2.49. The first-order chi connectivity index (χ1) is 9.76. The molecule has 20 heavy (non-hydrogen) atoms. The summed E-state index contributed by atoms with van der Waals surface area (Å²) in [5, 5.41) is 0. The van der Waals surface area contributed by atoms with Gasteiger partial charge in [0.25, 0.3) is 0 Å². The zero-order valence-corrected chi connectivity index (χ0v) is 12.4. The molecule has 3 nitrogen and oxygen atoms in total. The first-order valence-electron chi connectivity index (χ1n) is 6.60. The fourth-order valence-electron chi connectivity index (χ4n) is 1.82. The van der Waals surface area contributed by atoms with E-state index in [2.05, 4.69) is 18.4 Å². The molecule has 0 aliphatic rings. The first kappa shape index (κ1) is 16.3. The van der Waals surface area contributed by atoms with E-state index in [1.54, 1.807) is 21.3 Å². The Bertz CT molecular complexity index is 479. The minimum Gasteiger partial charge on any atom is -0.497 e. The Morgan fingerprint density at radius 2 is 2.00 bits per heavy atom. The Labute approximate surface area is 121 Å². The molecule has 0 fully saturated rings. The van der Waals surface area contributed by atoms with Gasteiger partial charge >= 0.3 is 0 Å². The van der Waals surface area contributed by atoms with Crippen LogP contribution in [0.3, 0.4) is 0 Å². The van der Waals surface area contributed by atoms with Crippen molar-refractivity contribution in [2.75, 3.05) is 21.3 Å². The van der Waals surface area contributed by atoms with Crippen LogP contribution in [-0.4, -0.2) is 21.3 Å². The number of rotatable bonds is 7. The van der Waals surface area contributed by atoms with E-state index in [0.717, 1.165) is 36.1 Å². The van der Waals surface area contributed by atoms with E-state index >= 15 is 0 Å². The van der Waals surface area contributed by atoms with E-state index in [0.29, 0.717) is 0 Å². The second-order valence-corrected chi connectivity index (χ2v) is 4.24. The van der Waals surface area contributed by atoms with Gasteiger partial charge < -0.3 is 14.2 Å². The predicted octanol–water partition coefficient (Wildman–Crippen LogP) is 3.69. The van der Waals surface area contributed by atoms with Crippen LogP contribution >= 0.6 is 0 Å². The lowest BCUT2D eigenvalue weighted by Gasteiger charge is -2.16. The summed E-state index contributed by atoms with van der Waals surface area (Å²) < 4.78 is 15.8. The van der Waals surface area contributed by atoms with Gasteiger partial charge in [-0.15, -0.1) is 6.58 Å². The fourth-order valence-corrected chi connectivity index (χ4v) is 1.82. The Hall–Kier alpha value is -1.76. The Balaban J connectivity index is 2.96. The molecular weight excluding hydrogens is 252 g/mol. The summed E-state index contributed by atoms with van der Waals surface area (Å²) in [5.74, 6) is 7.11. The van der Waals surface area contributed by atoms with Crippen molar-refractivity contribution in [3.8, 4) is 17.6 Å². The first-order valence-corrected chi connectivity index (χ1v) is 6.60. The van der Waals surface area contributed by atoms with Crippen molar-refractivity contribution in [2.24, 2.45) is 0 Å². The normalized spacial score (nSPS) is 10.0. The molecule has 0 amide bonds. The highest BCUT2D eigenvalue weighted by Gasteiger charge is 2.13. The molecule has 1 aromatic rings. The van der Waals surface area contributed by atoms with Crippen LogP contribution in [0.1, 0.15) is 36.7 Å². The minimum atomic E-state index is -0.418. The lowest BCUT2D eigenvalue weighted by molar-refractivity contribution is -0.106. The summed E-state index contributed by atoms with van der Waals surface area (Å²) in [6.45, 7) is 3.70. The summed E-state index contributed by atoms with van der Waals surface area (Å²) in [6, 6.07) is 5.70. The summed E-state index contributed by atoms with van der Waals surface area (Å²) in [5.41, 5.74) is 1.78. The van der Waals surface area contributed by atoms with Crippen molar-refractivity contribution in [2.45, 2.75) is 25.6 Å². The van der Waals surface area contributed by atoms with Crippen LogP contribution in [0.2, 0.25) is 0 Å². The second-order valence-electron chi connectivity index (χ2n) is 4.24. The average molecular weight is 274 g/mol. The highest BCUT2D eigenvalue weighted by Crippen LogP contribution is 2.25. The molecule has 0 bridgehead atoms. The molecule has 0 unspecified atom stereocenters. The molecule has 0 aromatic heterocycles. The topological polar surface area (TPSA) is 27.7 Å². The molecule has 0 spiro atoms. The Kier molecular flexibility index (Phi) is 7.49. The smallest absolute Gasteiger partial charge is 0.184 e. The van der Waals surface area contributed by atoms with E-state index in [1.165, 1.54) is 0 Å². The van der Waals surface area contributed by atoms with E-state index in [4.69, 9.17) is 14.2 Å². The minimum absolute atomic E-state index is 0.418. The van der Waals surface area contributed by atoms with Gasteiger partial charge in [-0.05, 0) is 31.0 Å². The number of hydrogen-bond donors (Lipinski definition) is 0. The number of methoxy groups -OCH3 is 3.